The van der Waals surface area contributed by atoms with Crippen LogP contribution in [0.3, 0.4) is 0 Å². The predicted octanol–water partition coefficient (Wildman–Crippen LogP) is 9.87. The SMILES string of the molecule is CCC[CH2][Hf]1([CH](C2=Cc3ccccc3C2)C(CC)C2c3ccccc3-c3ccccc32)[CH2][CH]1C. The van der Waals surface area contributed by atoms with E-state index in [2.05, 4.69) is 99.6 Å². The van der Waals surface area contributed by atoms with Crippen LogP contribution in [-0.2, 0) is 26.4 Å². The zero-order valence-corrected chi connectivity index (χ0v) is 24.7. The summed E-state index contributed by atoms with van der Waals surface area (Å²) in [6.07, 6.45) is 7.94. The van der Waals surface area contributed by atoms with Gasteiger partial charge in [-0.2, -0.15) is 0 Å². The van der Waals surface area contributed by atoms with Gasteiger partial charge in [0.2, 0.25) is 0 Å². The molecule has 0 radical (unpaired) electrons. The molecule has 0 saturated carbocycles. The maximum absolute atomic E-state index is 2.65. The average Bonchev–Trinajstić information content (AvgIpc) is 3.19. The normalized spacial score (nSPS) is 24.2. The molecule has 0 amide bonds. The van der Waals surface area contributed by atoms with Gasteiger partial charge in [0, 0.05) is 0 Å². The molecule has 6 rings (SSSR count). The van der Waals surface area contributed by atoms with E-state index in [4.69, 9.17) is 0 Å². The van der Waals surface area contributed by atoms with E-state index in [9.17, 15) is 0 Å². The maximum atomic E-state index is 2.65. The fraction of sp³-hybridized carbons (Fsp3) is 0.394. The van der Waals surface area contributed by atoms with Crippen LogP contribution < -0.4 is 0 Å². The summed E-state index contributed by atoms with van der Waals surface area (Å²) in [4.78, 5) is 0. The van der Waals surface area contributed by atoms with Crippen LogP contribution in [0, 0.1) is 5.92 Å². The van der Waals surface area contributed by atoms with E-state index in [0.29, 0.717) is 5.92 Å². The van der Waals surface area contributed by atoms with Gasteiger partial charge >= 0.3 is 212 Å². The molecule has 4 atom stereocenters. The first-order valence-corrected chi connectivity index (χ1v) is 22.9. The van der Waals surface area contributed by atoms with Crippen LogP contribution >= 0.6 is 0 Å². The summed E-state index contributed by atoms with van der Waals surface area (Å²) in [5, 5.41) is 0. The van der Waals surface area contributed by atoms with Crippen LogP contribution in [-0.4, -0.2) is 0 Å². The van der Waals surface area contributed by atoms with E-state index in [1.807, 2.05) is 5.57 Å². The summed E-state index contributed by atoms with van der Waals surface area (Å²) in [6.45, 7) is 7.53. The van der Waals surface area contributed by atoms with Crippen molar-refractivity contribution >= 4 is 6.08 Å². The van der Waals surface area contributed by atoms with E-state index < -0.39 is 20.0 Å². The molecule has 0 N–H and O–H groups in total. The minimum absolute atomic E-state index is 0.554. The topological polar surface area (TPSA) is 0 Å². The van der Waals surface area contributed by atoms with Gasteiger partial charge in [-0.15, -0.1) is 0 Å². The van der Waals surface area contributed by atoms with Gasteiger partial charge < -0.3 is 0 Å². The first kappa shape index (κ1) is 22.7. The fourth-order valence-electron chi connectivity index (χ4n) is 7.85. The molecule has 0 nitrogen and oxygen atoms in total. The number of fused-ring (bicyclic) bond motifs is 4. The van der Waals surface area contributed by atoms with E-state index in [-0.39, 0.29) is 0 Å². The van der Waals surface area contributed by atoms with Crippen molar-refractivity contribution in [3.8, 4) is 11.1 Å². The molecule has 1 heteroatoms. The number of rotatable bonds is 8. The zero-order valence-electron chi connectivity index (χ0n) is 21.1. The molecule has 3 aliphatic rings. The van der Waals surface area contributed by atoms with Gasteiger partial charge in [0.25, 0.3) is 0 Å². The van der Waals surface area contributed by atoms with Crippen LogP contribution in [0.1, 0.15) is 68.2 Å². The molecule has 0 spiro atoms. The van der Waals surface area contributed by atoms with Gasteiger partial charge in [-0.3, -0.25) is 0 Å². The Balaban J connectivity index is 1.49. The Bertz CT molecular complexity index is 1190. The summed E-state index contributed by atoms with van der Waals surface area (Å²) in [5.74, 6) is 1.28. The monoisotopic (exact) mass is 614 g/mol. The zero-order chi connectivity index (χ0) is 23.3. The Labute approximate surface area is 210 Å². The third-order valence-corrected chi connectivity index (χ3v) is 32.3. The minimum atomic E-state index is -2.48. The third kappa shape index (κ3) is 3.57. The third-order valence-electron chi connectivity index (χ3n) is 9.52. The van der Waals surface area contributed by atoms with Crippen LogP contribution in [0.5, 0.6) is 0 Å². The molecule has 1 heterocycles. The van der Waals surface area contributed by atoms with Crippen molar-refractivity contribution in [1.82, 2.24) is 0 Å². The number of hydrogen-bond acceptors (Lipinski definition) is 0. The number of unbranched alkanes of at least 4 members (excludes halogenated alkanes) is 1. The van der Waals surface area contributed by atoms with Crippen molar-refractivity contribution in [3.05, 3.63) is 101 Å². The Hall–Kier alpha value is -1.73. The van der Waals surface area contributed by atoms with E-state index in [1.165, 1.54) is 42.4 Å². The molecule has 0 bridgehead atoms. The van der Waals surface area contributed by atoms with Gasteiger partial charge in [-0.1, -0.05) is 0 Å². The molecule has 1 aliphatic heterocycles. The predicted molar refractivity (Wildman–Crippen MR) is 143 cm³/mol. The van der Waals surface area contributed by atoms with E-state index in [1.54, 1.807) is 25.0 Å². The summed E-state index contributed by atoms with van der Waals surface area (Å²) in [6, 6.07) is 27.9. The second-order valence-electron chi connectivity index (χ2n) is 11.2. The summed E-state index contributed by atoms with van der Waals surface area (Å²) >= 11 is -2.48. The van der Waals surface area contributed by atoms with Crippen molar-refractivity contribution in [3.63, 3.8) is 0 Å². The number of allylic oxidation sites excluding steroid dienone is 1. The number of benzene rings is 3. The van der Waals surface area contributed by atoms with Gasteiger partial charge in [-0.25, -0.2) is 0 Å². The molecular weight excluding hydrogens is 575 g/mol. The van der Waals surface area contributed by atoms with Crippen molar-refractivity contribution in [2.75, 3.05) is 0 Å². The van der Waals surface area contributed by atoms with Crippen LogP contribution in [0.4, 0.5) is 0 Å². The van der Waals surface area contributed by atoms with Gasteiger partial charge in [0.1, 0.15) is 0 Å². The number of hydrogen-bond donors (Lipinski definition) is 0. The van der Waals surface area contributed by atoms with Crippen molar-refractivity contribution in [1.29, 1.82) is 0 Å². The van der Waals surface area contributed by atoms with Gasteiger partial charge in [-0.05, 0) is 0 Å². The molecule has 0 aromatic heterocycles. The molecule has 174 valence electrons. The fourth-order valence-corrected chi connectivity index (χ4v) is 37.5. The van der Waals surface area contributed by atoms with E-state index >= 15 is 0 Å². The quantitative estimate of drug-likeness (QED) is 0.222. The average molecular weight is 613 g/mol. The summed E-state index contributed by atoms with van der Waals surface area (Å²) in [7, 11) is 0. The van der Waals surface area contributed by atoms with Crippen molar-refractivity contribution in [2.24, 2.45) is 5.92 Å². The molecular formula is C33H38Hf. The summed E-state index contributed by atoms with van der Waals surface area (Å²) in [5.41, 5.74) is 11.1. The molecule has 3 aromatic carbocycles. The molecule has 4 unspecified atom stereocenters. The molecule has 3 aromatic rings. The van der Waals surface area contributed by atoms with Gasteiger partial charge in [0.05, 0.1) is 0 Å². The molecule has 1 fully saturated rings. The molecule has 2 aliphatic carbocycles. The Morgan fingerprint density at radius 2 is 1.47 bits per heavy atom. The van der Waals surface area contributed by atoms with Crippen molar-refractivity contribution in [2.45, 2.75) is 68.1 Å². The van der Waals surface area contributed by atoms with Gasteiger partial charge in [0.15, 0.2) is 0 Å². The first-order valence-electron chi connectivity index (χ1n) is 13.6. The summed E-state index contributed by atoms with van der Waals surface area (Å²) < 4.78 is 5.15. The van der Waals surface area contributed by atoms with Crippen LogP contribution in [0.15, 0.2) is 78.4 Å². The Morgan fingerprint density at radius 1 is 0.853 bits per heavy atom. The van der Waals surface area contributed by atoms with Crippen molar-refractivity contribution < 1.29 is 20.0 Å². The van der Waals surface area contributed by atoms with Crippen LogP contribution in [0.2, 0.25) is 15.7 Å². The standard InChI is InChI=1S/C26H23.C4H9.C3H6.Hf/c1-2-19(15-18-16-20-9-3-4-10-21(20)17-18)26-24-13-7-5-11-22(24)23-12-6-8-14-25(23)26;1-3-4-2;1-3-2;/h3-16,19,26H,2,17H2,1H3;1,3-4H2,2H3;3H,1H2,2H3;. The van der Waals surface area contributed by atoms with Crippen LogP contribution in [0.25, 0.3) is 17.2 Å². The Kier molecular flexibility index (Phi) is 6.05. The first-order chi connectivity index (χ1) is 16.7. The molecule has 1 saturated heterocycles. The second kappa shape index (κ2) is 9.05. The molecule has 34 heavy (non-hydrogen) atoms. The van der Waals surface area contributed by atoms with E-state index in [0.717, 1.165) is 13.3 Å². The second-order valence-corrected chi connectivity index (χ2v) is 29.1. The Morgan fingerprint density at radius 3 is 2.06 bits per heavy atom.